The molecule has 0 bridgehead atoms. The van der Waals surface area contributed by atoms with E-state index in [2.05, 4.69) is 73.3 Å². The van der Waals surface area contributed by atoms with Crippen LogP contribution >= 0.6 is 0 Å². The van der Waals surface area contributed by atoms with E-state index >= 15 is 0 Å². The standard InChI is InChI=1S/C19H22N/c1-15-11-16(2)14-20(13-15)19-10-6-9-18(12-19)17-7-4-3-5-8-17/h3-9,12,15-16H,11,13-14H2,1-2H3. The Morgan fingerprint density at radius 1 is 0.950 bits per heavy atom. The largest absolute Gasteiger partial charge is 0.370 e. The van der Waals surface area contributed by atoms with E-state index in [1.807, 2.05) is 0 Å². The van der Waals surface area contributed by atoms with Crippen LogP contribution < -0.4 is 4.90 Å². The van der Waals surface area contributed by atoms with Crippen LogP contribution in [0.1, 0.15) is 20.3 Å². The second-order valence-corrected chi connectivity index (χ2v) is 6.18. The first-order chi connectivity index (χ1) is 9.72. The molecule has 3 rings (SSSR count). The van der Waals surface area contributed by atoms with Crippen molar-refractivity contribution in [3.63, 3.8) is 0 Å². The molecule has 1 radical (unpaired) electrons. The van der Waals surface area contributed by atoms with Crippen LogP contribution in [-0.2, 0) is 0 Å². The lowest BCUT2D eigenvalue weighted by molar-refractivity contribution is 0.357. The Labute approximate surface area is 122 Å². The van der Waals surface area contributed by atoms with Gasteiger partial charge in [0, 0.05) is 24.8 Å². The van der Waals surface area contributed by atoms with Gasteiger partial charge in [0.1, 0.15) is 0 Å². The minimum Gasteiger partial charge on any atom is -0.370 e. The highest BCUT2D eigenvalue weighted by Crippen LogP contribution is 2.29. The van der Waals surface area contributed by atoms with Crippen molar-refractivity contribution in [3.05, 3.63) is 54.6 Å². The zero-order valence-corrected chi connectivity index (χ0v) is 12.3. The molecule has 0 aliphatic carbocycles. The summed E-state index contributed by atoms with van der Waals surface area (Å²) >= 11 is 0. The Balaban J connectivity index is 1.88. The van der Waals surface area contributed by atoms with Gasteiger partial charge < -0.3 is 4.90 Å². The van der Waals surface area contributed by atoms with Gasteiger partial charge in [-0.25, -0.2) is 0 Å². The molecule has 1 aliphatic heterocycles. The minimum absolute atomic E-state index is 0.771. The van der Waals surface area contributed by atoms with Gasteiger partial charge in [-0.2, -0.15) is 0 Å². The van der Waals surface area contributed by atoms with Crippen molar-refractivity contribution in [2.45, 2.75) is 20.3 Å². The van der Waals surface area contributed by atoms with Crippen LogP contribution in [0.25, 0.3) is 11.1 Å². The van der Waals surface area contributed by atoms with Crippen molar-refractivity contribution < 1.29 is 0 Å². The van der Waals surface area contributed by atoms with Crippen molar-refractivity contribution in [2.24, 2.45) is 11.8 Å². The second-order valence-electron chi connectivity index (χ2n) is 6.18. The first-order valence-electron chi connectivity index (χ1n) is 7.54. The molecule has 1 heteroatoms. The van der Waals surface area contributed by atoms with E-state index in [1.54, 1.807) is 0 Å². The molecule has 2 aromatic rings. The summed E-state index contributed by atoms with van der Waals surface area (Å²) in [5.41, 5.74) is 3.80. The number of piperidine rings is 1. The molecule has 1 fully saturated rings. The summed E-state index contributed by atoms with van der Waals surface area (Å²) in [6, 6.07) is 20.5. The van der Waals surface area contributed by atoms with Gasteiger partial charge in [0.15, 0.2) is 0 Å². The fourth-order valence-electron chi connectivity index (χ4n) is 3.31. The minimum atomic E-state index is 0.771. The third-order valence-corrected chi connectivity index (χ3v) is 4.10. The third kappa shape index (κ3) is 2.87. The highest BCUT2D eigenvalue weighted by Gasteiger charge is 2.22. The Hall–Kier alpha value is -1.76. The summed E-state index contributed by atoms with van der Waals surface area (Å²) in [5, 5.41) is 0. The highest BCUT2D eigenvalue weighted by molar-refractivity contribution is 5.68. The molecular formula is C19H22N. The molecule has 2 atom stereocenters. The van der Waals surface area contributed by atoms with Crippen molar-refractivity contribution in [1.29, 1.82) is 0 Å². The van der Waals surface area contributed by atoms with Crippen LogP contribution in [-0.4, -0.2) is 13.1 Å². The maximum atomic E-state index is 3.42. The van der Waals surface area contributed by atoms with Gasteiger partial charge in [-0.3, -0.25) is 0 Å². The Bertz CT molecular complexity index is 551. The third-order valence-electron chi connectivity index (χ3n) is 4.10. The van der Waals surface area contributed by atoms with Crippen LogP contribution in [0.5, 0.6) is 0 Å². The molecule has 1 heterocycles. The summed E-state index contributed by atoms with van der Waals surface area (Å²) in [4.78, 5) is 2.49. The predicted molar refractivity (Wildman–Crippen MR) is 85.9 cm³/mol. The van der Waals surface area contributed by atoms with E-state index in [1.165, 1.54) is 23.2 Å². The van der Waals surface area contributed by atoms with E-state index in [0.717, 1.165) is 24.9 Å². The van der Waals surface area contributed by atoms with Gasteiger partial charge >= 0.3 is 0 Å². The van der Waals surface area contributed by atoms with Gasteiger partial charge in [0.2, 0.25) is 0 Å². The Kier molecular flexibility index (Phi) is 3.77. The van der Waals surface area contributed by atoms with Gasteiger partial charge in [-0.1, -0.05) is 56.3 Å². The lowest BCUT2D eigenvalue weighted by Crippen LogP contribution is -2.38. The monoisotopic (exact) mass is 264 g/mol. The SMILES string of the molecule is CC1CC(C)CN(c2[c]ccc(-c3ccccc3)c2)C1. The first-order valence-corrected chi connectivity index (χ1v) is 7.54. The zero-order chi connectivity index (χ0) is 13.9. The summed E-state index contributed by atoms with van der Waals surface area (Å²) in [7, 11) is 0. The van der Waals surface area contributed by atoms with Crippen molar-refractivity contribution in [2.75, 3.05) is 18.0 Å². The zero-order valence-electron chi connectivity index (χ0n) is 12.3. The Morgan fingerprint density at radius 3 is 2.35 bits per heavy atom. The molecule has 2 aromatic carbocycles. The van der Waals surface area contributed by atoms with Crippen LogP contribution in [0.15, 0.2) is 48.5 Å². The molecule has 1 aliphatic rings. The van der Waals surface area contributed by atoms with Gasteiger partial charge in [0.05, 0.1) is 0 Å². The molecule has 2 unspecified atom stereocenters. The summed E-state index contributed by atoms with van der Waals surface area (Å²) in [5.74, 6) is 1.54. The molecule has 0 spiro atoms. The van der Waals surface area contributed by atoms with E-state index in [-0.39, 0.29) is 0 Å². The van der Waals surface area contributed by atoms with Crippen LogP contribution in [0.3, 0.4) is 0 Å². The molecule has 0 aromatic heterocycles. The van der Waals surface area contributed by atoms with E-state index < -0.39 is 0 Å². The number of nitrogens with zero attached hydrogens (tertiary/aromatic N) is 1. The number of hydrogen-bond acceptors (Lipinski definition) is 1. The molecule has 0 saturated carbocycles. The average Bonchev–Trinajstić information content (AvgIpc) is 2.47. The molecule has 1 saturated heterocycles. The number of rotatable bonds is 2. The van der Waals surface area contributed by atoms with Crippen LogP contribution in [0.4, 0.5) is 5.69 Å². The highest BCUT2D eigenvalue weighted by atomic mass is 15.1. The van der Waals surface area contributed by atoms with E-state index in [9.17, 15) is 0 Å². The summed E-state index contributed by atoms with van der Waals surface area (Å²) in [6.45, 7) is 7.01. The van der Waals surface area contributed by atoms with E-state index in [4.69, 9.17) is 0 Å². The van der Waals surface area contributed by atoms with Crippen LogP contribution in [0, 0.1) is 17.9 Å². The number of hydrogen-bond donors (Lipinski definition) is 0. The van der Waals surface area contributed by atoms with Crippen molar-refractivity contribution in [1.82, 2.24) is 0 Å². The fraction of sp³-hybridized carbons (Fsp3) is 0.368. The summed E-state index contributed by atoms with van der Waals surface area (Å²) in [6.07, 6.45) is 1.34. The first kappa shape index (κ1) is 13.2. The maximum absolute atomic E-state index is 3.42. The predicted octanol–water partition coefficient (Wildman–Crippen LogP) is 4.64. The number of anilines is 1. The smallest absolute Gasteiger partial charge is 0.0453 e. The normalized spacial score (nSPS) is 22.8. The molecule has 103 valence electrons. The molecule has 0 N–H and O–H groups in total. The van der Waals surface area contributed by atoms with Gasteiger partial charge in [-0.05, 0) is 35.4 Å². The molecular weight excluding hydrogens is 242 g/mol. The molecule has 1 nitrogen and oxygen atoms in total. The van der Waals surface area contributed by atoms with E-state index in [0.29, 0.717) is 0 Å². The van der Waals surface area contributed by atoms with Gasteiger partial charge in [-0.15, -0.1) is 0 Å². The topological polar surface area (TPSA) is 3.24 Å². The lowest BCUT2D eigenvalue weighted by atomic mass is 9.91. The van der Waals surface area contributed by atoms with Crippen molar-refractivity contribution in [3.8, 4) is 11.1 Å². The Morgan fingerprint density at radius 2 is 1.65 bits per heavy atom. The molecule has 20 heavy (non-hydrogen) atoms. The summed E-state index contributed by atoms with van der Waals surface area (Å²) < 4.78 is 0. The number of benzene rings is 2. The maximum Gasteiger partial charge on any atom is 0.0453 e. The van der Waals surface area contributed by atoms with Gasteiger partial charge in [0.25, 0.3) is 0 Å². The quantitative estimate of drug-likeness (QED) is 0.764. The molecule has 0 amide bonds. The van der Waals surface area contributed by atoms with Crippen molar-refractivity contribution >= 4 is 5.69 Å². The van der Waals surface area contributed by atoms with Crippen LogP contribution in [0.2, 0.25) is 0 Å². The average molecular weight is 264 g/mol. The lowest BCUT2D eigenvalue weighted by Gasteiger charge is -2.36. The fourth-order valence-corrected chi connectivity index (χ4v) is 3.31. The second kappa shape index (κ2) is 5.70.